The number of hydrogen-bond donors (Lipinski definition) is 0. The molecule has 0 saturated carbocycles. The molecule has 0 rings (SSSR count). The summed E-state index contributed by atoms with van der Waals surface area (Å²) in [5.74, 6) is 0. The number of rotatable bonds is 0. The van der Waals surface area contributed by atoms with Crippen molar-refractivity contribution in [2.24, 2.45) is 0 Å². The second kappa shape index (κ2) is 18.0. The van der Waals surface area contributed by atoms with Crippen LogP contribution in [0.4, 0.5) is 0 Å². The molecule has 0 aliphatic carbocycles. The first-order valence-electron chi connectivity index (χ1n) is 0. The van der Waals surface area contributed by atoms with Crippen LogP contribution in [0.3, 0.4) is 0 Å². The topological polar surface area (TPSA) is 31.5 Å². The maximum atomic E-state index is 0. The summed E-state index contributed by atoms with van der Waals surface area (Å²) in [5, 5.41) is 0. The Morgan fingerprint density at radius 3 is 1.25 bits per heavy atom. The normalized spacial score (nSPS) is 0. The summed E-state index contributed by atoms with van der Waals surface area (Å²) in [6.07, 6.45) is 0. The van der Waals surface area contributed by atoms with E-state index >= 15 is 0 Å². The van der Waals surface area contributed by atoms with E-state index < -0.39 is 0 Å². The van der Waals surface area contributed by atoms with Crippen LogP contribution in [0.15, 0.2) is 0 Å². The van der Waals surface area contributed by atoms with Gasteiger partial charge in [-0.3, -0.25) is 0 Å². The first-order valence-corrected chi connectivity index (χ1v) is 0. The van der Waals surface area contributed by atoms with E-state index in [1.54, 1.807) is 0 Å². The van der Waals surface area contributed by atoms with E-state index in [-0.39, 0.29) is 84.3 Å². The Morgan fingerprint density at radius 2 is 1.25 bits per heavy atom. The maximum absolute atomic E-state index is 0. The van der Waals surface area contributed by atoms with Crippen molar-refractivity contribution >= 4 is 40.4 Å². The van der Waals surface area contributed by atoms with Gasteiger partial charge in [-0.15, -0.1) is 0 Å². The van der Waals surface area contributed by atoms with Gasteiger partial charge in [-0.1, -0.05) is 0 Å². The van der Waals surface area contributed by atoms with Crippen LogP contribution in [0, 0.1) is 35.6 Å². The monoisotopic (exact) mass is 213 g/mol. The fourth-order valence-corrected chi connectivity index (χ4v) is 0. The third-order valence-corrected chi connectivity index (χ3v) is 0. The Kier molecular flexibility index (Phi) is 143. The molecule has 2 N–H and O–H groups in total. The zero-order valence-corrected chi connectivity index (χ0v) is 6.82. The third kappa shape index (κ3) is 8.82. The molecule has 0 bridgehead atoms. The van der Waals surface area contributed by atoms with Gasteiger partial charge in [0, 0.05) is 35.6 Å². The van der Waals surface area contributed by atoms with Crippen molar-refractivity contribution in [2.75, 3.05) is 0 Å². The van der Waals surface area contributed by atoms with Crippen LogP contribution < -0.4 is 0 Å². The van der Waals surface area contributed by atoms with Gasteiger partial charge in [0.25, 0.3) is 0 Å². The van der Waals surface area contributed by atoms with Gasteiger partial charge in [0.2, 0.25) is 0 Å². The van der Waals surface area contributed by atoms with E-state index in [0.29, 0.717) is 0 Å². The summed E-state index contributed by atoms with van der Waals surface area (Å²) >= 11 is 0. The average Bonchev–Trinajstić information content (AvgIpc) is 0. The summed E-state index contributed by atoms with van der Waals surface area (Å²) < 4.78 is 0. The van der Waals surface area contributed by atoms with Crippen molar-refractivity contribution in [1.29, 1.82) is 0 Å². The molecule has 0 atom stereocenters. The smallest absolute Gasteiger partial charge is 1.00 e. The van der Waals surface area contributed by atoms with Crippen LogP contribution >= 0.6 is 0 Å². The van der Waals surface area contributed by atoms with E-state index in [9.17, 15) is 0 Å². The summed E-state index contributed by atoms with van der Waals surface area (Å²) in [6.45, 7) is 0. The SMILES string of the molecule is O.[AlH3].[H-].[H-].[La].[Mg+2]. The van der Waals surface area contributed by atoms with Gasteiger partial charge in [-0.25, -0.2) is 0 Å². The summed E-state index contributed by atoms with van der Waals surface area (Å²) in [5.41, 5.74) is 0. The van der Waals surface area contributed by atoms with Crippen molar-refractivity contribution in [3.63, 3.8) is 0 Å². The molecule has 0 aromatic carbocycles. The Labute approximate surface area is 83.1 Å². The molecule has 21 valence electrons. The fourth-order valence-electron chi connectivity index (χ4n) is 0. The van der Waals surface area contributed by atoms with Gasteiger partial charge < -0.3 is 8.33 Å². The van der Waals surface area contributed by atoms with Crippen molar-refractivity contribution < 1.29 is 43.9 Å². The van der Waals surface area contributed by atoms with Crippen LogP contribution in [-0.4, -0.2) is 45.9 Å². The van der Waals surface area contributed by atoms with Gasteiger partial charge in [0.1, 0.15) is 0 Å². The van der Waals surface area contributed by atoms with E-state index in [4.69, 9.17) is 0 Å². The Hall–Kier alpha value is 2.45. The quantitative estimate of drug-likeness (QED) is 0.410. The molecule has 0 saturated heterocycles. The molecule has 0 aromatic heterocycles. The van der Waals surface area contributed by atoms with Crippen molar-refractivity contribution in [1.82, 2.24) is 0 Å². The molecule has 4 heavy (non-hydrogen) atoms. The van der Waals surface area contributed by atoms with Crippen LogP contribution in [-0.2, 0) is 0 Å². The molecule has 0 fully saturated rings. The number of hydrogen-bond acceptors (Lipinski definition) is 0. The second-order valence-electron chi connectivity index (χ2n) is 0. The average molecular weight is 213 g/mol. The van der Waals surface area contributed by atoms with E-state index in [2.05, 4.69) is 0 Å². The van der Waals surface area contributed by atoms with Crippen LogP contribution in [0.5, 0.6) is 0 Å². The van der Waals surface area contributed by atoms with E-state index in [1.807, 2.05) is 0 Å². The summed E-state index contributed by atoms with van der Waals surface area (Å²) in [7, 11) is 0. The van der Waals surface area contributed by atoms with Crippen molar-refractivity contribution in [3.8, 4) is 0 Å². The minimum atomic E-state index is 0. The zero-order valence-electron chi connectivity index (χ0n) is 3.78. The molecule has 0 spiro atoms. The van der Waals surface area contributed by atoms with Crippen molar-refractivity contribution in [3.05, 3.63) is 0 Å². The van der Waals surface area contributed by atoms with Gasteiger partial charge in [0.05, 0.1) is 0 Å². The van der Waals surface area contributed by atoms with Crippen LogP contribution in [0.2, 0.25) is 0 Å². The molecule has 0 aliphatic heterocycles. The Balaban J connectivity index is 0. The third-order valence-electron chi connectivity index (χ3n) is 0. The first kappa shape index (κ1) is 31.9. The fraction of sp³-hybridized carbons (Fsp3) is 0. The van der Waals surface area contributed by atoms with Crippen LogP contribution in [0.1, 0.15) is 2.85 Å². The molecule has 0 heterocycles. The summed E-state index contributed by atoms with van der Waals surface area (Å²) in [4.78, 5) is 0. The van der Waals surface area contributed by atoms with Gasteiger partial charge >= 0.3 is 23.1 Å². The summed E-state index contributed by atoms with van der Waals surface area (Å²) in [6, 6.07) is 0. The van der Waals surface area contributed by atoms with Gasteiger partial charge in [0.15, 0.2) is 17.4 Å². The standard InChI is InChI=1S/Al.La.Mg.H2O.5H/h;;;1H2;;;;;/q;;+2;;;;;2*-1. The van der Waals surface area contributed by atoms with E-state index in [1.165, 1.54) is 0 Å². The molecule has 4 heteroatoms. The molecular weight excluding hydrogens is 206 g/mol. The molecule has 0 unspecified atom stereocenters. The van der Waals surface area contributed by atoms with Gasteiger partial charge in [-0.05, 0) is 0 Å². The second-order valence-corrected chi connectivity index (χ2v) is 0. The molecule has 0 aliphatic rings. The van der Waals surface area contributed by atoms with Gasteiger partial charge in [-0.2, -0.15) is 0 Å². The van der Waals surface area contributed by atoms with Crippen LogP contribution in [0.25, 0.3) is 0 Å². The minimum absolute atomic E-state index is 0. The van der Waals surface area contributed by atoms with E-state index in [0.717, 1.165) is 0 Å². The zero-order chi connectivity index (χ0) is 0. The molecule has 1 nitrogen and oxygen atoms in total. The first-order chi connectivity index (χ1) is 0. The predicted octanol–water partition coefficient (Wildman–Crippen LogP) is -2.16. The molecule has 0 amide bonds. The largest absolute Gasteiger partial charge is 2.00 e. The Bertz CT molecular complexity index is 13.5. The Morgan fingerprint density at radius 1 is 1.25 bits per heavy atom. The maximum Gasteiger partial charge on any atom is 2.00 e. The van der Waals surface area contributed by atoms with Crippen molar-refractivity contribution in [2.45, 2.75) is 0 Å². The predicted molar refractivity (Wildman–Crippen MR) is 21.5 cm³/mol. The molecule has 0 aromatic rings. The molecular formula is H7AlLaMgO. The molecule has 1 radical (unpaired) electrons. The minimum Gasteiger partial charge on any atom is -1.00 e.